The molecule has 2 heteroatoms. The lowest BCUT2D eigenvalue weighted by Gasteiger charge is -2.40. The van der Waals surface area contributed by atoms with Crippen molar-refractivity contribution < 1.29 is 5.11 Å². The summed E-state index contributed by atoms with van der Waals surface area (Å²) in [6.07, 6.45) is 1.98. The third kappa shape index (κ3) is 1.43. The Bertz CT molecular complexity index is 100.0. The maximum absolute atomic E-state index is 9.40. The van der Waals surface area contributed by atoms with Crippen molar-refractivity contribution >= 4 is 0 Å². The molecule has 9 heavy (non-hydrogen) atoms. The van der Waals surface area contributed by atoms with Crippen LogP contribution in [0.1, 0.15) is 26.7 Å². The van der Waals surface area contributed by atoms with Crippen LogP contribution in [0.15, 0.2) is 0 Å². The van der Waals surface area contributed by atoms with Crippen molar-refractivity contribution in [1.29, 1.82) is 0 Å². The molecule has 1 aliphatic carbocycles. The highest BCUT2D eigenvalue weighted by Gasteiger charge is 2.36. The van der Waals surface area contributed by atoms with E-state index in [1.807, 2.05) is 13.8 Å². The molecule has 0 saturated heterocycles. The zero-order valence-electron chi connectivity index (χ0n) is 6.09. The largest absolute Gasteiger partial charge is 0.390 e. The summed E-state index contributed by atoms with van der Waals surface area (Å²) in [5.41, 5.74) is 5.05. The Balaban J connectivity index is 2.32. The van der Waals surface area contributed by atoms with Gasteiger partial charge in [0.05, 0.1) is 5.60 Å². The Morgan fingerprint density at radius 1 is 1.44 bits per heavy atom. The molecule has 0 aromatic rings. The summed E-state index contributed by atoms with van der Waals surface area (Å²) in [6, 6.07) is 0.349. The molecule has 0 radical (unpaired) electrons. The third-order valence-corrected chi connectivity index (χ3v) is 2.17. The third-order valence-electron chi connectivity index (χ3n) is 2.17. The molecular formula is C7H15NO. The number of hydrogen-bond donors (Lipinski definition) is 2. The predicted octanol–water partition coefficient (Wildman–Crippen LogP) is 0.495. The van der Waals surface area contributed by atoms with E-state index in [1.165, 1.54) is 0 Å². The van der Waals surface area contributed by atoms with Gasteiger partial charge in [0.2, 0.25) is 0 Å². The smallest absolute Gasteiger partial charge is 0.0620 e. The Morgan fingerprint density at radius 2 is 1.89 bits per heavy atom. The fourth-order valence-electron chi connectivity index (χ4n) is 1.24. The SMILES string of the molecule is CC(C)(O)C1CC(N)C1. The van der Waals surface area contributed by atoms with Gasteiger partial charge in [-0.2, -0.15) is 0 Å². The van der Waals surface area contributed by atoms with E-state index in [2.05, 4.69) is 0 Å². The molecule has 54 valence electrons. The fraction of sp³-hybridized carbons (Fsp3) is 1.00. The van der Waals surface area contributed by atoms with Gasteiger partial charge in [-0.05, 0) is 32.6 Å². The zero-order chi connectivity index (χ0) is 7.07. The number of nitrogens with two attached hydrogens (primary N) is 1. The first-order valence-electron chi connectivity index (χ1n) is 3.48. The van der Waals surface area contributed by atoms with Crippen LogP contribution < -0.4 is 5.73 Å². The molecule has 1 fully saturated rings. The number of rotatable bonds is 1. The van der Waals surface area contributed by atoms with Gasteiger partial charge in [-0.25, -0.2) is 0 Å². The van der Waals surface area contributed by atoms with Gasteiger partial charge >= 0.3 is 0 Å². The first-order chi connectivity index (χ1) is 4.00. The molecule has 1 rings (SSSR count). The lowest BCUT2D eigenvalue weighted by Crippen LogP contribution is -2.46. The van der Waals surface area contributed by atoms with Crippen LogP contribution >= 0.6 is 0 Å². The van der Waals surface area contributed by atoms with E-state index in [0.29, 0.717) is 12.0 Å². The summed E-state index contributed by atoms with van der Waals surface area (Å²) < 4.78 is 0. The summed E-state index contributed by atoms with van der Waals surface area (Å²) in [4.78, 5) is 0. The van der Waals surface area contributed by atoms with Crippen molar-refractivity contribution in [2.24, 2.45) is 11.7 Å². The van der Waals surface area contributed by atoms with Crippen LogP contribution in [0.5, 0.6) is 0 Å². The van der Waals surface area contributed by atoms with Crippen LogP contribution in [0, 0.1) is 5.92 Å². The van der Waals surface area contributed by atoms with Crippen LogP contribution in [-0.4, -0.2) is 16.7 Å². The molecule has 0 atom stereocenters. The van der Waals surface area contributed by atoms with Crippen LogP contribution in [-0.2, 0) is 0 Å². The zero-order valence-corrected chi connectivity index (χ0v) is 6.09. The van der Waals surface area contributed by atoms with E-state index >= 15 is 0 Å². The lowest BCUT2D eigenvalue weighted by molar-refractivity contribution is -0.0259. The van der Waals surface area contributed by atoms with Gasteiger partial charge in [0.25, 0.3) is 0 Å². The highest BCUT2D eigenvalue weighted by atomic mass is 16.3. The van der Waals surface area contributed by atoms with E-state index in [4.69, 9.17) is 5.73 Å². The van der Waals surface area contributed by atoms with Crippen molar-refractivity contribution in [3.8, 4) is 0 Å². The molecule has 1 saturated carbocycles. The van der Waals surface area contributed by atoms with Gasteiger partial charge in [-0.3, -0.25) is 0 Å². The van der Waals surface area contributed by atoms with E-state index in [-0.39, 0.29) is 0 Å². The van der Waals surface area contributed by atoms with Crippen LogP contribution in [0.25, 0.3) is 0 Å². The molecule has 1 aliphatic rings. The molecule has 0 aromatic heterocycles. The second kappa shape index (κ2) is 1.96. The van der Waals surface area contributed by atoms with Gasteiger partial charge in [-0.1, -0.05) is 0 Å². The van der Waals surface area contributed by atoms with Crippen LogP contribution in [0.2, 0.25) is 0 Å². The van der Waals surface area contributed by atoms with E-state index in [1.54, 1.807) is 0 Å². The maximum Gasteiger partial charge on any atom is 0.0620 e. The van der Waals surface area contributed by atoms with Gasteiger partial charge in [0.1, 0.15) is 0 Å². The minimum absolute atomic E-state index is 0.349. The molecule has 3 N–H and O–H groups in total. The molecule has 0 bridgehead atoms. The Hall–Kier alpha value is -0.0800. The molecule has 0 spiro atoms. The average molecular weight is 129 g/mol. The van der Waals surface area contributed by atoms with Crippen molar-refractivity contribution in [2.75, 3.05) is 0 Å². The van der Waals surface area contributed by atoms with Crippen LogP contribution in [0.3, 0.4) is 0 Å². The Labute approximate surface area is 56.1 Å². The van der Waals surface area contributed by atoms with Crippen molar-refractivity contribution in [3.05, 3.63) is 0 Å². The number of hydrogen-bond acceptors (Lipinski definition) is 2. The summed E-state index contributed by atoms with van der Waals surface area (Å²) in [5.74, 6) is 0.437. The van der Waals surface area contributed by atoms with Crippen molar-refractivity contribution in [3.63, 3.8) is 0 Å². The molecule has 0 aliphatic heterocycles. The first-order valence-corrected chi connectivity index (χ1v) is 3.48. The molecule has 0 aromatic carbocycles. The summed E-state index contributed by atoms with van der Waals surface area (Å²) >= 11 is 0. The quantitative estimate of drug-likeness (QED) is 0.541. The minimum Gasteiger partial charge on any atom is -0.390 e. The highest BCUT2D eigenvalue weighted by molar-refractivity contribution is 4.91. The van der Waals surface area contributed by atoms with E-state index in [9.17, 15) is 5.11 Å². The van der Waals surface area contributed by atoms with Gasteiger partial charge in [-0.15, -0.1) is 0 Å². The molecule has 2 nitrogen and oxygen atoms in total. The Morgan fingerprint density at radius 3 is 2.00 bits per heavy atom. The lowest BCUT2D eigenvalue weighted by atomic mass is 9.72. The maximum atomic E-state index is 9.40. The van der Waals surface area contributed by atoms with Crippen molar-refractivity contribution in [2.45, 2.75) is 38.3 Å². The van der Waals surface area contributed by atoms with Gasteiger partial charge < -0.3 is 10.8 Å². The van der Waals surface area contributed by atoms with E-state index < -0.39 is 5.60 Å². The summed E-state index contributed by atoms with van der Waals surface area (Å²) in [5, 5.41) is 9.40. The summed E-state index contributed by atoms with van der Waals surface area (Å²) in [6.45, 7) is 3.70. The highest BCUT2D eigenvalue weighted by Crippen LogP contribution is 2.34. The second-order valence-corrected chi connectivity index (χ2v) is 3.58. The standard InChI is InChI=1S/C7H15NO/c1-7(2,9)5-3-6(8)4-5/h5-6,9H,3-4,8H2,1-2H3. The number of aliphatic hydroxyl groups is 1. The molecular weight excluding hydrogens is 114 g/mol. The predicted molar refractivity (Wildman–Crippen MR) is 37.0 cm³/mol. The Kier molecular flexibility index (Phi) is 1.53. The molecule has 0 unspecified atom stereocenters. The average Bonchev–Trinajstić information content (AvgIpc) is 1.55. The normalized spacial score (nSPS) is 36.0. The monoisotopic (exact) mass is 129 g/mol. The minimum atomic E-state index is -0.504. The van der Waals surface area contributed by atoms with E-state index in [0.717, 1.165) is 12.8 Å². The first kappa shape index (κ1) is 7.03. The van der Waals surface area contributed by atoms with Crippen molar-refractivity contribution in [1.82, 2.24) is 0 Å². The van der Waals surface area contributed by atoms with Crippen LogP contribution in [0.4, 0.5) is 0 Å². The topological polar surface area (TPSA) is 46.2 Å². The van der Waals surface area contributed by atoms with Gasteiger partial charge in [0.15, 0.2) is 0 Å². The summed E-state index contributed by atoms with van der Waals surface area (Å²) in [7, 11) is 0. The molecule has 0 heterocycles. The van der Waals surface area contributed by atoms with Gasteiger partial charge in [0, 0.05) is 6.04 Å². The second-order valence-electron chi connectivity index (χ2n) is 3.58. The molecule has 0 amide bonds. The fourth-order valence-corrected chi connectivity index (χ4v) is 1.24.